The number of benzene rings is 3. The fourth-order valence-electron chi connectivity index (χ4n) is 7.55. The van der Waals surface area contributed by atoms with E-state index >= 15 is 0 Å². The first-order valence-electron chi connectivity index (χ1n) is 17.4. The number of hydrogen-bond acceptors (Lipinski definition) is 4. The summed E-state index contributed by atoms with van der Waals surface area (Å²) in [5.74, 6) is 0.262. The second-order valence-electron chi connectivity index (χ2n) is 15.5. The monoisotopic (exact) mass is 711 g/mol. The van der Waals surface area contributed by atoms with E-state index < -0.39 is 36.6 Å². The number of allylic oxidation sites excluding steroid dienone is 8. The van der Waals surface area contributed by atoms with Crippen molar-refractivity contribution in [1.29, 1.82) is 0 Å². The fourth-order valence-corrected chi connectivity index (χ4v) is 7.55. The molecule has 0 amide bonds. The molecule has 0 N–H and O–H groups in total. The van der Waals surface area contributed by atoms with E-state index in [-0.39, 0.29) is 36.0 Å². The average molecular weight is 711 g/mol. The maximum atomic E-state index is 6.94. The third-order valence-electron chi connectivity index (χ3n) is 11.5. The summed E-state index contributed by atoms with van der Waals surface area (Å²) in [7, 11) is -1.07. The molecule has 0 spiro atoms. The Balaban J connectivity index is 0.000000640. The van der Waals surface area contributed by atoms with Crippen molar-refractivity contribution >= 4 is 25.4 Å². The van der Waals surface area contributed by atoms with Crippen LogP contribution in [0.3, 0.4) is 0 Å². The Labute approximate surface area is 311 Å². The standard InChI is InChI=1S/C37H42B2O4.C5H5.CH3.Co/c1-34(2)35(3,4)41-38(40-34)32-28-23-26-21-15-16-22-27(26)31(28)29(24-17-11-9-12-18-24)33(30(32)25-19-13-10-14-20-25)39-42-36(5,6)37(7,8)43-39;1-2-4-5-3-1;;/h9-22,28,31H,23H2,1-8H3;1-5H;1H3;/q;;-1;/t28-,31+;;;/m0.../s1. The Kier molecular flexibility index (Phi) is 10.9. The van der Waals surface area contributed by atoms with Crippen molar-refractivity contribution in [3.63, 3.8) is 0 Å². The molecule has 3 aliphatic carbocycles. The quantitative estimate of drug-likeness (QED) is 0.200. The number of rotatable bonds is 4. The number of hydrogen-bond donors (Lipinski definition) is 0. The topological polar surface area (TPSA) is 36.9 Å². The van der Waals surface area contributed by atoms with Gasteiger partial charge in [0.05, 0.1) is 22.4 Å². The third-order valence-corrected chi connectivity index (χ3v) is 11.5. The van der Waals surface area contributed by atoms with Gasteiger partial charge in [-0.05, 0) is 112 Å². The van der Waals surface area contributed by atoms with Crippen molar-refractivity contribution in [3.05, 3.63) is 156 Å². The first kappa shape index (κ1) is 38.3. The minimum absolute atomic E-state index is 0. The molecule has 50 heavy (non-hydrogen) atoms. The Bertz CT molecular complexity index is 1760. The van der Waals surface area contributed by atoms with Gasteiger partial charge >= 0.3 is 14.2 Å². The molecule has 4 nitrogen and oxygen atoms in total. The van der Waals surface area contributed by atoms with Crippen molar-refractivity contribution in [3.8, 4) is 0 Å². The molecule has 0 unspecified atom stereocenters. The van der Waals surface area contributed by atoms with Gasteiger partial charge < -0.3 is 26.0 Å². The van der Waals surface area contributed by atoms with E-state index in [4.69, 9.17) is 18.6 Å². The van der Waals surface area contributed by atoms with Gasteiger partial charge in [-0.2, -0.15) is 0 Å². The van der Waals surface area contributed by atoms with Crippen LogP contribution in [0.25, 0.3) is 11.1 Å². The van der Waals surface area contributed by atoms with Gasteiger partial charge in [0.1, 0.15) is 0 Å². The van der Waals surface area contributed by atoms with Crippen LogP contribution in [0.2, 0.25) is 0 Å². The van der Waals surface area contributed by atoms with Crippen LogP contribution in [-0.4, -0.2) is 36.6 Å². The van der Waals surface area contributed by atoms with Crippen LogP contribution in [-0.2, 0) is 41.8 Å². The summed E-state index contributed by atoms with van der Waals surface area (Å²) >= 11 is 0. The van der Waals surface area contributed by atoms with E-state index in [1.807, 2.05) is 30.7 Å². The molecule has 2 heterocycles. The summed E-state index contributed by atoms with van der Waals surface area (Å²) in [6, 6.07) is 30.5. The first-order valence-corrected chi connectivity index (χ1v) is 17.4. The predicted octanol–water partition coefficient (Wildman–Crippen LogP) is 9.89. The SMILES string of the molecule is CC1(C)OB(C2=C(c3ccccc3)[C@@H]3c4ccccc4C[C@@H]3C(B3OC(C)(C)C(C)(C)O3)=C2c2ccccc2)OC1(C)C.[CH3-].[CH]1C=CC=C1.[Co]. The van der Waals surface area contributed by atoms with Gasteiger partial charge in [0.2, 0.25) is 0 Å². The van der Waals surface area contributed by atoms with Crippen LogP contribution in [0.4, 0.5) is 0 Å². The van der Waals surface area contributed by atoms with E-state index in [9.17, 15) is 0 Å². The van der Waals surface area contributed by atoms with Gasteiger partial charge in [-0.1, -0.05) is 109 Å². The zero-order valence-corrected chi connectivity index (χ0v) is 32.0. The molecule has 0 bridgehead atoms. The van der Waals surface area contributed by atoms with Crippen molar-refractivity contribution in [2.75, 3.05) is 0 Å². The third kappa shape index (κ3) is 6.62. The summed E-state index contributed by atoms with van der Waals surface area (Å²) in [4.78, 5) is 0. The van der Waals surface area contributed by atoms with E-state index in [2.05, 4.69) is 140 Å². The van der Waals surface area contributed by atoms with Crippen LogP contribution in [0, 0.1) is 19.8 Å². The Hall–Kier alpha value is -2.90. The summed E-state index contributed by atoms with van der Waals surface area (Å²) in [5, 5.41) is 0. The Morgan fingerprint density at radius 1 is 0.560 bits per heavy atom. The first-order chi connectivity index (χ1) is 22.8. The molecule has 2 saturated heterocycles. The maximum absolute atomic E-state index is 6.94. The van der Waals surface area contributed by atoms with Crippen LogP contribution in [0.5, 0.6) is 0 Å². The van der Waals surface area contributed by atoms with Crippen molar-refractivity contribution in [2.24, 2.45) is 5.92 Å². The van der Waals surface area contributed by atoms with Crippen molar-refractivity contribution < 1.29 is 35.4 Å². The molecule has 3 aromatic carbocycles. The zero-order chi connectivity index (χ0) is 33.9. The van der Waals surface area contributed by atoms with E-state index in [0.29, 0.717) is 0 Å². The van der Waals surface area contributed by atoms with E-state index in [0.717, 1.165) is 23.0 Å². The van der Waals surface area contributed by atoms with Crippen LogP contribution < -0.4 is 0 Å². The molecule has 2 atom stereocenters. The van der Waals surface area contributed by atoms with Crippen LogP contribution in [0.15, 0.2) is 120 Å². The molecule has 0 saturated carbocycles. The van der Waals surface area contributed by atoms with Crippen molar-refractivity contribution in [2.45, 2.75) is 90.1 Å². The molecule has 3 aromatic rings. The van der Waals surface area contributed by atoms with Gasteiger partial charge in [-0.15, -0.1) is 0 Å². The minimum atomic E-state index is -0.568. The average Bonchev–Trinajstić information content (AvgIpc) is 3.83. The van der Waals surface area contributed by atoms with E-state index in [1.165, 1.54) is 27.7 Å². The predicted molar refractivity (Wildman–Crippen MR) is 204 cm³/mol. The minimum Gasteiger partial charge on any atom is -0.400 e. The zero-order valence-electron chi connectivity index (χ0n) is 31.0. The second-order valence-corrected chi connectivity index (χ2v) is 15.5. The van der Waals surface area contributed by atoms with Gasteiger partial charge in [0.25, 0.3) is 0 Å². The fraction of sp³-hybridized carbons (Fsp3) is 0.349. The van der Waals surface area contributed by atoms with Crippen molar-refractivity contribution in [1.82, 2.24) is 0 Å². The number of fused-ring (bicyclic) bond motifs is 3. The molecular weight excluding hydrogens is 661 g/mol. The Morgan fingerprint density at radius 3 is 1.52 bits per heavy atom. The summed E-state index contributed by atoms with van der Waals surface area (Å²) in [6.07, 6.45) is 10.9. The van der Waals surface area contributed by atoms with Gasteiger partial charge in [-0.3, -0.25) is 0 Å². The summed E-state index contributed by atoms with van der Waals surface area (Å²) in [6.45, 7) is 17.1. The molecule has 0 aromatic heterocycles. The summed E-state index contributed by atoms with van der Waals surface area (Å²) in [5.41, 5.74) is 7.80. The smallest absolute Gasteiger partial charge is 0.400 e. The van der Waals surface area contributed by atoms with Crippen LogP contribution >= 0.6 is 0 Å². The van der Waals surface area contributed by atoms with Gasteiger partial charge in [0.15, 0.2) is 0 Å². The molecule has 8 rings (SSSR count). The van der Waals surface area contributed by atoms with E-state index in [1.54, 1.807) is 0 Å². The molecule has 5 aliphatic rings. The summed E-state index contributed by atoms with van der Waals surface area (Å²) < 4.78 is 27.7. The molecule has 7 heteroatoms. The largest absolute Gasteiger partial charge is 0.495 e. The normalized spacial score (nSPS) is 24.6. The second kappa shape index (κ2) is 14.3. The maximum Gasteiger partial charge on any atom is 0.495 e. The molecule has 2 radical (unpaired) electrons. The molecule has 2 aliphatic heterocycles. The molecule has 262 valence electrons. The Morgan fingerprint density at radius 2 is 1.02 bits per heavy atom. The van der Waals surface area contributed by atoms with Crippen LogP contribution in [0.1, 0.15) is 83.6 Å². The molecule has 2 fully saturated rings. The van der Waals surface area contributed by atoms with Gasteiger partial charge in [-0.25, -0.2) is 0 Å². The van der Waals surface area contributed by atoms with Gasteiger partial charge in [0, 0.05) is 29.1 Å². The molecular formula is C43H50B2CoO4-.